The van der Waals surface area contributed by atoms with E-state index in [9.17, 15) is 9.18 Å². The Hall–Kier alpha value is -1.09. The number of nitrogens with one attached hydrogen (secondary N) is 1. The summed E-state index contributed by atoms with van der Waals surface area (Å²) in [6, 6.07) is 7.94. The topological polar surface area (TPSA) is 29.1 Å². The number of carbonyl (C=O) groups excluding carboxylic acids is 1. The monoisotopic (exact) mass is 229 g/mol. The van der Waals surface area contributed by atoms with Gasteiger partial charge < -0.3 is 5.32 Å². The highest BCUT2D eigenvalue weighted by molar-refractivity contribution is 6.29. The maximum Gasteiger partial charge on any atom is 0.270 e. The third-order valence-electron chi connectivity index (χ3n) is 1.99. The Kier molecular flexibility index (Phi) is 4.56. The van der Waals surface area contributed by atoms with Crippen molar-refractivity contribution in [3.63, 3.8) is 0 Å². The molecule has 0 saturated heterocycles. The van der Waals surface area contributed by atoms with Crippen LogP contribution in [0.15, 0.2) is 24.3 Å². The number of hydrogen-bond donors (Lipinski definition) is 1. The van der Waals surface area contributed by atoms with E-state index in [4.69, 9.17) is 11.6 Å². The zero-order valence-electron chi connectivity index (χ0n) is 8.47. The Morgan fingerprint density at radius 3 is 2.93 bits per heavy atom. The van der Waals surface area contributed by atoms with Crippen LogP contribution in [0.4, 0.5) is 4.39 Å². The molecule has 1 atom stereocenters. The van der Waals surface area contributed by atoms with Gasteiger partial charge in [0.25, 0.3) is 11.5 Å². The Morgan fingerprint density at radius 1 is 1.60 bits per heavy atom. The lowest BCUT2D eigenvalue weighted by Gasteiger charge is -2.05. The van der Waals surface area contributed by atoms with E-state index < -0.39 is 11.5 Å². The minimum atomic E-state index is -1.96. The van der Waals surface area contributed by atoms with E-state index in [1.807, 2.05) is 31.2 Å². The molecule has 0 radical (unpaired) electrons. The zero-order chi connectivity index (χ0) is 11.3. The summed E-state index contributed by atoms with van der Waals surface area (Å²) in [6.07, 6.45) is 0.678. The molecule has 0 saturated carbocycles. The summed E-state index contributed by atoms with van der Waals surface area (Å²) in [7, 11) is 0. The highest BCUT2D eigenvalue weighted by Gasteiger charge is 2.11. The molecule has 1 rings (SSSR count). The second-order valence-electron chi connectivity index (χ2n) is 3.33. The van der Waals surface area contributed by atoms with Crippen molar-refractivity contribution < 1.29 is 9.18 Å². The van der Waals surface area contributed by atoms with Crippen LogP contribution in [0.2, 0.25) is 0 Å². The molecule has 0 aliphatic rings. The fourth-order valence-electron chi connectivity index (χ4n) is 1.27. The predicted molar refractivity (Wildman–Crippen MR) is 58.6 cm³/mol. The Bertz CT molecular complexity index is 341. The van der Waals surface area contributed by atoms with Crippen LogP contribution < -0.4 is 5.32 Å². The average Bonchev–Trinajstić information content (AvgIpc) is 2.17. The normalized spacial score (nSPS) is 12.2. The Balaban J connectivity index is 2.35. The van der Waals surface area contributed by atoms with Gasteiger partial charge in [-0.05, 0) is 18.9 Å². The molecule has 0 aliphatic heterocycles. The fourth-order valence-corrected chi connectivity index (χ4v) is 1.35. The second kappa shape index (κ2) is 5.71. The molecule has 0 aliphatic carbocycles. The summed E-state index contributed by atoms with van der Waals surface area (Å²) in [5.74, 6) is -0.774. The molecule has 0 spiro atoms. The van der Waals surface area contributed by atoms with Gasteiger partial charge in [-0.25, -0.2) is 4.39 Å². The number of carbonyl (C=O) groups is 1. The first-order valence-corrected chi connectivity index (χ1v) is 5.14. The standard InChI is InChI=1S/C11H13ClFNO/c1-8-3-2-4-9(7-8)5-6-14-11(15)10(12)13/h2-4,7,10H,5-6H2,1H3,(H,14,15). The number of aryl methyl sites for hydroxylation is 1. The van der Waals surface area contributed by atoms with Gasteiger partial charge >= 0.3 is 0 Å². The van der Waals surface area contributed by atoms with Gasteiger partial charge in [-0.2, -0.15) is 0 Å². The minimum Gasteiger partial charge on any atom is -0.352 e. The first-order valence-electron chi connectivity index (χ1n) is 4.71. The van der Waals surface area contributed by atoms with Gasteiger partial charge in [0, 0.05) is 6.54 Å². The average molecular weight is 230 g/mol. The van der Waals surface area contributed by atoms with Crippen molar-refractivity contribution in [3.05, 3.63) is 35.4 Å². The number of amides is 1. The van der Waals surface area contributed by atoms with Crippen molar-refractivity contribution >= 4 is 17.5 Å². The zero-order valence-corrected chi connectivity index (χ0v) is 9.22. The third-order valence-corrected chi connectivity index (χ3v) is 2.19. The summed E-state index contributed by atoms with van der Waals surface area (Å²) >= 11 is 4.96. The molecule has 0 bridgehead atoms. The Labute approximate surface area is 93.4 Å². The molecule has 0 heterocycles. The van der Waals surface area contributed by atoms with Crippen molar-refractivity contribution in [2.75, 3.05) is 6.54 Å². The lowest BCUT2D eigenvalue weighted by atomic mass is 10.1. The van der Waals surface area contributed by atoms with E-state index in [2.05, 4.69) is 5.32 Å². The molecule has 1 N–H and O–H groups in total. The summed E-state index contributed by atoms with van der Waals surface area (Å²) in [4.78, 5) is 10.8. The second-order valence-corrected chi connectivity index (χ2v) is 3.71. The molecule has 82 valence electrons. The lowest BCUT2D eigenvalue weighted by molar-refractivity contribution is -0.123. The van der Waals surface area contributed by atoms with Gasteiger partial charge in [-0.1, -0.05) is 41.4 Å². The van der Waals surface area contributed by atoms with Crippen LogP contribution in [0.3, 0.4) is 0 Å². The van der Waals surface area contributed by atoms with E-state index in [1.165, 1.54) is 5.56 Å². The highest BCUT2D eigenvalue weighted by Crippen LogP contribution is 2.04. The van der Waals surface area contributed by atoms with Crippen molar-refractivity contribution in [2.45, 2.75) is 19.0 Å². The van der Waals surface area contributed by atoms with Gasteiger partial charge in [-0.3, -0.25) is 4.79 Å². The van der Waals surface area contributed by atoms with Crippen molar-refractivity contribution in [3.8, 4) is 0 Å². The van der Waals surface area contributed by atoms with E-state index in [0.717, 1.165) is 5.56 Å². The largest absolute Gasteiger partial charge is 0.352 e. The Morgan fingerprint density at radius 2 is 2.33 bits per heavy atom. The van der Waals surface area contributed by atoms with Gasteiger partial charge in [0.1, 0.15) is 0 Å². The molecule has 1 aromatic carbocycles. The molecule has 1 aromatic rings. The van der Waals surface area contributed by atoms with Gasteiger partial charge in [-0.15, -0.1) is 0 Å². The number of halogens is 2. The maximum absolute atomic E-state index is 12.2. The maximum atomic E-state index is 12.2. The lowest BCUT2D eigenvalue weighted by Crippen LogP contribution is -2.30. The molecule has 1 unspecified atom stereocenters. The van der Waals surface area contributed by atoms with Gasteiger partial charge in [0.15, 0.2) is 0 Å². The summed E-state index contributed by atoms with van der Waals surface area (Å²) < 4.78 is 12.2. The number of alkyl halides is 2. The number of rotatable bonds is 4. The summed E-state index contributed by atoms with van der Waals surface area (Å²) in [5.41, 5.74) is 0.322. The number of hydrogen-bond acceptors (Lipinski definition) is 1. The predicted octanol–water partition coefficient (Wildman–Crippen LogP) is 2.19. The molecule has 4 heteroatoms. The quantitative estimate of drug-likeness (QED) is 0.788. The van der Waals surface area contributed by atoms with Crippen LogP contribution in [0.25, 0.3) is 0 Å². The van der Waals surface area contributed by atoms with E-state index in [-0.39, 0.29) is 0 Å². The summed E-state index contributed by atoms with van der Waals surface area (Å²) in [6.45, 7) is 2.40. The molecular formula is C11H13ClFNO. The molecule has 1 amide bonds. The molecule has 0 fully saturated rings. The highest BCUT2D eigenvalue weighted by atomic mass is 35.5. The van der Waals surface area contributed by atoms with E-state index >= 15 is 0 Å². The minimum absolute atomic E-state index is 0.398. The van der Waals surface area contributed by atoms with Crippen LogP contribution in [-0.4, -0.2) is 18.1 Å². The van der Waals surface area contributed by atoms with E-state index in [0.29, 0.717) is 13.0 Å². The van der Waals surface area contributed by atoms with Crippen LogP contribution in [-0.2, 0) is 11.2 Å². The van der Waals surface area contributed by atoms with Gasteiger partial charge in [0.2, 0.25) is 0 Å². The van der Waals surface area contributed by atoms with E-state index in [1.54, 1.807) is 0 Å². The summed E-state index contributed by atoms with van der Waals surface area (Å²) in [5, 5.41) is 2.40. The van der Waals surface area contributed by atoms with Crippen LogP contribution in [0.1, 0.15) is 11.1 Å². The molecule has 15 heavy (non-hydrogen) atoms. The van der Waals surface area contributed by atoms with Crippen LogP contribution >= 0.6 is 11.6 Å². The first-order chi connectivity index (χ1) is 7.09. The van der Waals surface area contributed by atoms with Crippen LogP contribution in [0.5, 0.6) is 0 Å². The molecule has 0 aromatic heterocycles. The number of benzene rings is 1. The fraction of sp³-hybridized carbons (Fsp3) is 0.364. The van der Waals surface area contributed by atoms with Crippen molar-refractivity contribution in [1.29, 1.82) is 0 Å². The van der Waals surface area contributed by atoms with Crippen LogP contribution in [0, 0.1) is 6.92 Å². The smallest absolute Gasteiger partial charge is 0.270 e. The van der Waals surface area contributed by atoms with Crippen molar-refractivity contribution in [2.24, 2.45) is 0 Å². The molecular weight excluding hydrogens is 217 g/mol. The van der Waals surface area contributed by atoms with Gasteiger partial charge in [0.05, 0.1) is 0 Å². The first kappa shape index (κ1) is 12.0. The molecule has 2 nitrogen and oxygen atoms in total. The van der Waals surface area contributed by atoms with Crippen molar-refractivity contribution in [1.82, 2.24) is 5.32 Å². The third kappa shape index (κ3) is 4.30. The SMILES string of the molecule is Cc1cccc(CCNC(=O)C(F)Cl)c1.